The molecule has 19 heavy (non-hydrogen) atoms. The Hall–Kier alpha value is -2.22. The van der Waals surface area contributed by atoms with E-state index in [1.54, 1.807) is 12.3 Å². The Balaban J connectivity index is 2.39. The van der Waals surface area contributed by atoms with Crippen molar-refractivity contribution in [3.8, 4) is 17.5 Å². The Morgan fingerprint density at radius 3 is 2.79 bits per heavy atom. The third-order valence-electron chi connectivity index (χ3n) is 2.11. The average molecular weight is 326 g/mol. The first-order valence-corrected chi connectivity index (χ1v) is 5.87. The number of hydrogen-bond donors (Lipinski definition) is 0. The van der Waals surface area contributed by atoms with Crippen molar-refractivity contribution in [3.05, 3.63) is 45.2 Å². The minimum atomic E-state index is -0.576. The number of ether oxygens (including phenoxy) is 2. The maximum absolute atomic E-state index is 10.9. The van der Waals surface area contributed by atoms with Gasteiger partial charge < -0.3 is 9.47 Å². The van der Waals surface area contributed by atoms with Crippen LogP contribution in [0.2, 0.25) is 0 Å². The first-order valence-electron chi connectivity index (χ1n) is 5.08. The van der Waals surface area contributed by atoms with Gasteiger partial charge in [-0.3, -0.25) is 15.1 Å². The number of pyridine rings is 2. The van der Waals surface area contributed by atoms with Crippen LogP contribution in [0.15, 0.2) is 35.1 Å². The summed E-state index contributed by atoms with van der Waals surface area (Å²) in [5.41, 5.74) is -0.249. The average Bonchev–Trinajstić information content (AvgIpc) is 2.38. The lowest BCUT2D eigenvalue weighted by Crippen LogP contribution is -1.98. The molecule has 0 radical (unpaired) electrons. The summed E-state index contributed by atoms with van der Waals surface area (Å²) < 4.78 is 11.0. The highest BCUT2D eigenvalue weighted by molar-refractivity contribution is 9.10. The highest BCUT2D eigenvalue weighted by Crippen LogP contribution is 2.31. The topological polar surface area (TPSA) is 87.4 Å². The van der Waals surface area contributed by atoms with Gasteiger partial charge in [0.05, 0.1) is 18.2 Å². The molecular weight excluding hydrogens is 318 g/mol. The van der Waals surface area contributed by atoms with E-state index >= 15 is 0 Å². The summed E-state index contributed by atoms with van der Waals surface area (Å²) in [5.74, 6) is 0.408. The zero-order valence-electron chi connectivity index (χ0n) is 9.74. The first-order chi connectivity index (χ1) is 9.10. The van der Waals surface area contributed by atoms with E-state index in [9.17, 15) is 10.1 Å². The highest BCUT2D eigenvalue weighted by atomic mass is 79.9. The lowest BCUT2D eigenvalue weighted by Gasteiger charge is -2.06. The molecule has 2 heterocycles. The van der Waals surface area contributed by atoms with Gasteiger partial charge in [-0.05, 0) is 22.0 Å². The Kier molecular flexibility index (Phi) is 3.91. The van der Waals surface area contributed by atoms with Crippen molar-refractivity contribution < 1.29 is 14.4 Å². The van der Waals surface area contributed by atoms with Gasteiger partial charge >= 0.3 is 11.6 Å². The van der Waals surface area contributed by atoms with E-state index in [0.717, 1.165) is 0 Å². The van der Waals surface area contributed by atoms with Crippen molar-refractivity contribution in [1.82, 2.24) is 9.97 Å². The van der Waals surface area contributed by atoms with E-state index < -0.39 is 4.92 Å². The molecular formula is C11H8BrN3O4. The standard InChI is InChI=1S/C11H8BrN3O4/c1-18-10-3-2-9(15(16)17)11(14-10)19-8-4-7(12)5-13-6-8/h2-6H,1H3. The molecule has 0 spiro atoms. The molecule has 0 bridgehead atoms. The molecule has 0 aromatic carbocycles. The molecule has 8 heteroatoms. The molecule has 2 rings (SSSR count). The molecule has 0 amide bonds. The normalized spacial score (nSPS) is 10.0. The molecule has 0 saturated carbocycles. The molecule has 2 aromatic rings. The monoisotopic (exact) mass is 325 g/mol. The zero-order chi connectivity index (χ0) is 13.8. The fourth-order valence-electron chi connectivity index (χ4n) is 1.30. The molecule has 98 valence electrons. The lowest BCUT2D eigenvalue weighted by molar-refractivity contribution is -0.386. The second kappa shape index (κ2) is 5.61. The Labute approximate surface area is 116 Å². The summed E-state index contributed by atoms with van der Waals surface area (Å²) in [6.07, 6.45) is 3.00. The van der Waals surface area contributed by atoms with Crippen LogP contribution in [0.1, 0.15) is 0 Å². The van der Waals surface area contributed by atoms with Crippen LogP contribution in [-0.4, -0.2) is 22.0 Å². The maximum Gasteiger partial charge on any atom is 0.331 e. The van der Waals surface area contributed by atoms with Crippen LogP contribution in [0.25, 0.3) is 0 Å². The summed E-state index contributed by atoms with van der Waals surface area (Å²) in [6.45, 7) is 0. The molecule has 0 saturated heterocycles. The fourth-order valence-corrected chi connectivity index (χ4v) is 1.65. The molecule has 0 N–H and O–H groups in total. The minimum absolute atomic E-state index is 0.149. The third kappa shape index (κ3) is 3.16. The number of halogens is 1. The van der Waals surface area contributed by atoms with Gasteiger partial charge in [0.1, 0.15) is 5.75 Å². The number of nitrogens with zero attached hydrogens (tertiary/aromatic N) is 3. The van der Waals surface area contributed by atoms with Crippen LogP contribution >= 0.6 is 15.9 Å². The summed E-state index contributed by atoms with van der Waals surface area (Å²) in [5, 5.41) is 10.9. The highest BCUT2D eigenvalue weighted by Gasteiger charge is 2.19. The molecule has 0 aliphatic heterocycles. The number of methoxy groups -OCH3 is 1. The van der Waals surface area contributed by atoms with Crippen molar-refractivity contribution in [1.29, 1.82) is 0 Å². The van der Waals surface area contributed by atoms with Gasteiger partial charge in [-0.1, -0.05) is 0 Å². The van der Waals surface area contributed by atoms with Crippen molar-refractivity contribution in [3.63, 3.8) is 0 Å². The molecule has 2 aromatic heterocycles. The second-order valence-corrected chi connectivity index (χ2v) is 4.29. The Morgan fingerprint density at radius 2 is 2.16 bits per heavy atom. The fraction of sp³-hybridized carbons (Fsp3) is 0.0909. The number of aromatic nitrogens is 2. The summed E-state index contributed by atoms with van der Waals surface area (Å²) >= 11 is 3.23. The van der Waals surface area contributed by atoms with Gasteiger partial charge in [0, 0.05) is 22.8 Å². The van der Waals surface area contributed by atoms with Crippen LogP contribution in [0.5, 0.6) is 17.5 Å². The predicted octanol–water partition coefficient (Wildman–Crippen LogP) is 2.95. The van der Waals surface area contributed by atoms with Gasteiger partial charge in [-0.15, -0.1) is 0 Å². The maximum atomic E-state index is 10.9. The molecule has 0 atom stereocenters. The summed E-state index contributed by atoms with van der Waals surface area (Å²) in [4.78, 5) is 18.1. The van der Waals surface area contributed by atoms with Crippen molar-refractivity contribution in [2.24, 2.45) is 0 Å². The first kappa shape index (κ1) is 13.2. The Morgan fingerprint density at radius 1 is 1.37 bits per heavy atom. The molecule has 0 aliphatic carbocycles. The van der Waals surface area contributed by atoms with Crippen molar-refractivity contribution in [2.75, 3.05) is 7.11 Å². The van der Waals surface area contributed by atoms with E-state index in [0.29, 0.717) is 10.2 Å². The van der Waals surface area contributed by atoms with Gasteiger partial charge in [-0.2, -0.15) is 4.98 Å². The van der Waals surface area contributed by atoms with E-state index in [-0.39, 0.29) is 17.4 Å². The SMILES string of the molecule is COc1ccc([N+](=O)[O-])c(Oc2cncc(Br)c2)n1. The molecule has 0 fully saturated rings. The molecule has 7 nitrogen and oxygen atoms in total. The van der Waals surface area contributed by atoms with Gasteiger partial charge in [0.15, 0.2) is 0 Å². The van der Waals surface area contributed by atoms with Crippen LogP contribution in [0.3, 0.4) is 0 Å². The summed E-state index contributed by atoms with van der Waals surface area (Å²) in [7, 11) is 1.42. The number of rotatable bonds is 4. The van der Waals surface area contributed by atoms with Crippen LogP contribution in [0.4, 0.5) is 5.69 Å². The lowest BCUT2D eigenvalue weighted by atomic mass is 10.4. The van der Waals surface area contributed by atoms with E-state index in [4.69, 9.17) is 9.47 Å². The second-order valence-electron chi connectivity index (χ2n) is 3.38. The van der Waals surface area contributed by atoms with E-state index in [1.165, 1.54) is 25.4 Å². The largest absolute Gasteiger partial charge is 0.481 e. The Bertz CT molecular complexity index is 621. The minimum Gasteiger partial charge on any atom is -0.481 e. The number of hydrogen-bond acceptors (Lipinski definition) is 6. The van der Waals surface area contributed by atoms with Gasteiger partial charge in [0.2, 0.25) is 5.88 Å². The third-order valence-corrected chi connectivity index (χ3v) is 2.55. The molecule has 0 unspecified atom stereocenters. The van der Waals surface area contributed by atoms with Gasteiger partial charge in [-0.25, -0.2) is 0 Å². The molecule has 0 aliphatic rings. The van der Waals surface area contributed by atoms with Crippen LogP contribution < -0.4 is 9.47 Å². The van der Waals surface area contributed by atoms with Crippen LogP contribution in [-0.2, 0) is 0 Å². The smallest absolute Gasteiger partial charge is 0.331 e. The van der Waals surface area contributed by atoms with Crippen molar-refractivity contribution in [2.45, 2.75) is 0 Å². The van der Waals surface area contributed by atoms with E-state index in [2.05, 4.69) is 25.9 Å². The van der Waals surface area contributed by atoms with E-state index in [1.807, 2.05) is 0 Å². The van der Waals surface area contributed by atoms with Crippen LogP contribution in [0, 0.1) is 10.1 Å². The quantitative estimate of drug-likeness (QED) is 0.634. The zero-order valence-corrected chi connectivity index (χ0v) is 11.3. The van der Waals surface area contributed by atoms with Crippen molar-refractivity contribution >= 4 is 21.6 Å². The van der Waals surface area contributed by atoms with Gasteiger partial charge in [0.25, 0.3) is 0 Å². The predicted molar refractivity (Wildman–Crippen MR) is 69.5 cm³/mol. The number of nitro groups is 1. The summed E-state index contributed by atoms with van der Waals surface area (Å²) in [6, 6.07) is 4.29.